The highest BCUT2D eigenvalue weighted by Crippen LogP contribution is 2.20. The van der Waals surface area contributed by atoms with Gasteiger partial charge >= 0.3 is 5.97 Å². The third kappa shape index (κ3) is 4.18. The minimum Gasteiger partial charge on any atom is -0.461 e. The molecule has 0 saturated heterocycles. The summed E-state index contributed by atoms with van der Waals surface area (Å²) in [7, 11) is 1.60. The molecule has 1 fully saturated rings. The second kappa shape index (κ2) is 5.58. The number of carbonyl (C=O) groups excluding carboxylic acids is 1. The lowest BCUT2D eigenvalue weighted by Gasteiger charge is -2.23. The van der Waals surface area contributed by atoms with E-state index in [2.05, 4.69) is 0 Å². The quantitative estimate of drug-likeness (QED) is 0.410. The Labute approximate surface area is 90.1 Å². The molecule has 15 heavy (non-hydrogen) atoms. The Balaban J connectivity index is 2.25. The highest BCUT2D eigenvalue weighted by Gasteiger charge is 2.18. The van der Waals surface area contributed by atoms with E-state index in [1.807, 2.05) is 0 Å². The number of rotatable bonds is 3. The minimum atomic E-state index is -0.292. The summed E-state index contributed by atoms with van der Waals surface area (Å²) in [5, 5.41) is 7.11. The average molecular weight is 213 g/mol. The highest BCUT2D eigenvalue weighted by molar-refractivity contribution is 5.81. The van der Waals surface area contributed by atoms with E-state index in [0.717, 1.165) is 25.7 Å². The van der Waals surface area contributed by atoms with Crippen LogP contribution in [0.2, 0.25) is 0 Å². The van der Waals surface area contributed by atoms with Gasteiger partial charge in [0, 0.05) is 7.05 Å². The van der Waals surface area contributed by atoms with Crippen molar-refractivity contribution in [3.05, 3.63) is 0 Å². The molecule has 0 heterocycles. The van der Waals surface area contributed by atoms with Crippen molar-refractivity contribution in [1.29, 1.82) is 5.41 Å². The maximum Gasteiger partial charge on any atom is 0.325 e. The minimum absolute atomic E-state index is 0.0613. The van der Waals surface area contributed by atoms with E-state index in [1.165, 1.54) is 11.3 Å². The fourth-order valence-corrected chi connectivity index (χ4v) is 1.68. The van der Waals surface area contributed by atoms with Crippen molar-refractivity contribution in [3.63, 3.8) is 0 Å². The predicted molar refractivity (Wildman–Crippen MR) is 57.5 cm³/mol. The van der Waals surface area contributed by atoms with Crippen LogP contribution in [0.25, 0.3) is 0 Å². The van der Waals surface area contributed by atoms with Gasteiger partial charge in [-0.05, 0) is 25.7 Å². The number of nitrogens with two attached hydrogens (primary N) is 1. The number of hydrogen-bond acceptors (Lipinski definition) is 3. The fraction of sp³-hybridized carbons (Fsp3) is 0.800. The van der Waals surface area contributed by atoms with Crippen LogP contribution in [0.4, 0.5) is 0 Å². The predicted octanol–water partition coefficient (Wildman–Crippen LogP) is 0.688. The normalized spacial score (nSPS) is 17.1. The molecule has 86 valence electrons. The van der Waals surface area contributed by atoms with Crippen LogP contribution in [0, 0.1) is 5.41 Å². The monoisotopic (exact) mass is 213 g/mol. The van der Waals surface area contributed by atoms with Gasteiger partial charge in [-0.25, -0.2) is 0 Å². The van der Waals surface area contributed by atoms with Gasteiger partial charge in [0.1, 0.15) is 12.6 Å². The van der Waals surface area contributed by atoms with Gasteiger partial charge in [-0.15, -0.1) is 0 Å². The first-order chi connectivity index (χ1) is 7.09. The number of guanidine groups is 1. The lowest BCUT2D eigenvalue weighted by Crippen LogP contribution is -2.38. The number of nitrogens with one attached hydrogen (secondary N) is 1. The fourth-order valence-electron chi connectivity index (χ4n) is 1.68. The molecule has 0 bridgehead atoms. The van der Waals surface area contributed by atoms with Crippen molar-refractivity contribution >= 4 is 11.9 Å². The first-order valence-corrected chi connectivity index (χ1v) is 5.34. The zero-order valence-corrected chi connectivity index (χ0v) is 9.16. The van der Waals surface area contributed by atoms with Crippen molar-refractivity contribution in [2.24, 2.45) is 5.73 Å². The molecule has 1 saturated carbocycles. The summed E-state index contributed by atoms with van der Waals surface area (Å²) in [6, 6.07) is 0. The van der Waals surface area contributed by atoms with Gasteiger partial charge in [-0.2, -0.15) is 0 Å². The summed E-state index contributed by atoms with van der Waals surface area (Å²) in [6.07, 6.45) is 5.53. The van der Waals surface area contributed by atoms with Gasteiger partial charge in [0.2, 0.25) is 0 Å². The zero-order chi connectivity index (χ0) is 11.3. The standard InChI is InChI=1S/C10H19N3O2/c1-13(10(11)12)7-9(14)15-8-5-3-2-4-6-8/h8H,2-7H2,1H3,(H3,11,12). The maximum atomic E-state index is 11.4. The first kappa shape index (κ1) is 11.8. The van der Waals surface area contributed by atoms with Gasteiger partial charge in [-0.1, -0.05) is 6.42 Å². The molecule has 0 spiro atoms. The van der Waals surface area contributed by atoms with Gasteiger partial charge in [0.25, 0.3) is 0 Å². The molecule has 1 aliphatic rings. The van der Waals surface area contributed by atoms with E-state index >= 15 is 0 Å². The van der Waals surface area contributed by atoms with Crippen LogP contribution in [-0.4, -0.2) is 36.5 Å². The Hall–Kier alpha value is -1.26. The van der Waals surface area contributed by atoms with Crippen molar-refractivity contribution in [3.8, 4) is 0 Å². The summed E-state index contributed by atoms with van der Waals surface area (Å²) in [4.78, 5) is 12.8. The maximum absolute atomic E-state index is 11.4. The van der Waals surface area contributed by atoms with E-state index in [1.54, 1.807) is 7.05 Å². The SMILES string of the molecule is CN(CC(=O)OC1CCCCC1)C(=N)N. The van der Waals surface area contributed by atoms with Gasteiger partial charge in [-0.3, -0.25) is 10.2 Å². The van der Waals surface area contributed by atoms with Crippen LogP contribution in [0.3, 0.4) is 0 Å². The van der Waals surface area contributed by atoms with Crippen LogP contribution in [0.1, 0.15) is 32.1 Å². The van der Waals surface area contributed by atoms with Crippen molar-refractivity contribution in [1.82, 2.24) is 4.90 Å². The van der Waals surface area contributed by atoms with Crippen LogP contribution in [0.5, 0.6) is 0 Å². The summed E-state index contributed by atoms with van der Waals surface area (Å²) in [6.45, 7) is 0.0613. The largest absolute Gasteiger partial charge is 0.461 e. The molecule has 0 aromatic heterocycles. The van der Waals surface area contributed by atoms with E-state index in [9.17, 15) is 4.79 Å². The van der Waals surface area contributed by atoms with Crippen molar-refractivity contribution in [2.45, 2.75) is 38.2 Å². The molecule has 5 heteroatoms. The first-order valence-electron chi connectivity index (χ1n) is 5.34. The number of nitrogens with zero attached hydrogens (tertiary/aromatic N) is 1. The molecule has 0 aromatic carbocycles. The van der Waals surface area contributed by atoms with Gasteiger partial charge in [0.15, 0.2) is 5.96 Å². The Morgan fingerprint density at radius 2 is 2.07 bits per heavy atom. The third-order valence-electron chi connectivity index (χ3n) is 2.63. The summed E-state index contributed by atoms with van der Waals surface area (Å²) in [5.41, 5.74) is 5.22. The van der Waals surface area contributed by atoms with Crippen LogP contribution in [0.15, 0.2) is 0 Å². The van der Waals surface area contributed by atoms with Gasteiger partial charge < -0.3 is 15.4 Å². The van der Waals surface area contributed by atoms with Crippen LogP contribution in [-0.2, 0) is 9.53 Å². The number of esters is 1. The third-order valence-corrected chi connectivity index (χ3v) is 2.63. The Bertz CT molecular complexity index is 237. The molecule has 0 aliphatic heterocycles. The molecule has 1 aliphatic carbocycles. The molecule has 0 atom stereocenters. The smallest absolute Gasteiger partial charge is 0.325 e. The van der Waals surface area contributed by atoms with E-state index in [-0.39, 0.29) is 24.6 Å². The molecule has 3 N–H and O–H groups in total. The van der Waals surface area contributed by atoms with E-state index in [0.29, 0.717) is 0 Å². The molecule has 0 unspecified atom stereocenters. The van der Waals surface area contributed by atoms with Gasteiger partial charge in [0.05, 0.1) is 0 Å². The number of carbonyl (C=O) groups is 1. The molecule has 0 radical (unpaired) electrons. The molecule has 5 nitrogen and oxygen atoms in total. The van der Waals surface area contributed by atoms with Crippen molar-refractivity contribution in [2.75, 3.05) is 13.6 Å². The summed E-state index contributed by atoms with van der Waals surface area (Å²) >= 11 is 0. The summed E-state index contributed by atoms with van der Waals surface area (Å²) < 4.78 is 5.28. The number of hydrogen-bond donors (Lipinski definition) is 2. The molecule has 1 rings (SSSR count). The Morgan fingerprint density at radius 1 is 1.47 bits per heavy atom. The number of likely N-dealkylation sites (N-methyl/N-ethyl adjacent to an activating group) is 1. The average Bonchev–Trinajstić information content (AvgIpc) is 2.18. The lowest BCUT2D eigenvalue weighted by atomic mass is 9.98. The second-order valence-corrected chi connectivity index (χ2v) is 3.99. The zero-order valence-electron chi connectivity index (χ0n) is 9.16. The number of ether oxygens (including phenoxy) is 1. The van der Waals surface area contributed by atoms with E-state index < -0.39 is 0 Å². The molecule has 0 amide bonds. The molecular weight excluding hydrogens is 194 g/mol. The van der Waals surface area contributed by atoms with Crippen molar-refractivity contribution < 1.29 is 9.53 Å². The van der Waals surface area contributed by atoms with E-state index in [4.69, 9.17) is 15.9 Å². The molecular formula is C10H19N3O2. The highest BCUT2D eigenvalue weighted by atomic mass is 16.5. The topological polar surface area (TPSA) is 79.4 Å². The lowest BCUT2D eigenvalue weighted by molar-refractivity contribution is -0.150. The second-order valence-electron chi connectivity index (χ2n) is 3.99. The molecule has 0 aromatic rings. The Morgan fingerprint density at radius 3 is 2.60 bits per heavy atom. The Kier molecular flexibility index (Phi) is 4.39. The summed E-state index contributed by atoms with van der Waals surface area (Å²) in [5.74, 6) is -0.407. The van der Waals surface area contributed by atoms with Crippen LogP contribution < -0.4 is 5.73 Å². The van der Waals surface area contributed by atoms with Crippen LogP contribution >= 0.6 is 0 Å².